The summed E-state index contributed by atoms with van der Waals surface area (Å²) in [6.45, 7) is 0.0770. The number of methoxy groups -OCH3 is 1. The van der Waals surface area contributed by atoms with Gasteiger partial charge in [0.2, 0.25) is 0 Å². The summed E-state index contributed by atoms with van der Waals surface area (Å²) in [7, 11) is 4.77. The molecule has 0 aromatic heterocycles. The number of likely N-dealkylation sites (N-methyl/N-ethyl adjacent to an activating group) is 1. The standard InChI is InChI=1S/C20H18ClN3O5S/c1-22-20-23(2)19(25)17(30-20)10-13-8-15(21)18(16(9-13)28-3)29-11-12-5-4-6-14(7-12)24(26)27/h4-10H,11H2,1-3H3/b17-10-,22-20?. The maximum Gasteiger partial charge on any atom is 0.269 e. The van der Waals surface area contributed by atoms with Gasteiger partial charge >= 0.3 is 0 Å². The van der Waals surface area contributed by atoms with Gasteiger partial charge in [-0.05, 0) is 41.1 Å². The maximum absolute atomic E-state index is 12.3. The summed E-state index contributed by atoms with van der Waals surface area (Å²) in [6.07, 6.45) is 1.71. The summed E-state index contributed by atoms with van der Waals surface area (Å²) in [5.41, 5.74) is 1.27. The van der Waals surface area contributed by atoms with Gasteiger partial charge in [-0.15, -0.1) is 0 Å². The Morgan fingerprint density at radius 2 is 2.10 bits per heavy atom. The number of halogens is 1. The van der Waals surface area contributed by atoms with Crippen LogP contribution < -0.4 is 9.47 Å². The van der Waals surface area contributed by atoms with Gasteiger partial charge in [-0.2, -0.15) is 0 Å². The van der Waals surface area contributed by atoms with Crippen LogP contribution in [0.2, 0.25) is 5.02 Å². The first-order chi connectivity index (χ1) is 14.3. The summed E-state index contributed by atoms with van der Waals surface area (Å²) in [5.74, 6) is 0.542. The summed E-state index contributed by atoms with van der Waals surface area (Å²) < 4.78 is 11.2. The molecule has 0 spiro atoms. The number of nitrogens with zero attached hydrogens (tertiary/aromatic N) is 3. The Labute approximate surface area is 182 Å². The molecule has 0 bridgehead atoms. The van der Waals surface area contributed by atoms with Gasteiger partial charge < -0.3 is 9.47 Å². The van der Waals surface area contributed by atoms with Gasteiger partial charge in [-0.3, -0.25) is 24.8 Å². The zero-order chi connectivity index (χ0) is 21.8. The molecular weight excluding hydrogens is 430 g/mol. The van der Waals surface area contributed by atoms with E-state index in [0.717, 1.165) is 0 Å². The lowest BCUT2D eigenvalue weighted by molar-refractivity contribution is -0.384. The van der Waals surface area contributed by atoms with E-state index in [1.54, 1.807) is 44.4 Å². The predicted octanol–water partition coefficient (Wildman–Crippen LogP) is 4.37. The fourth-order valence-electron chi connectivity index (χ4n) is 2.78. The normalized spacial score (nSPS) is 16.4. The predicted molar refractivity (Wildman–Crippen MR) is 117 cm³/mol. The number of amides is 1. The lowest BCUT2D eigenvalue weighted by Crippen LogP contribution is -2.23. The number of non-ortho nitro benzene ring substituents is 1. The fraction of sp³-hybridized carbons (Fsp3) is 0.200. The first kappa shape index (κ1) is 21.7. The molecule has 1 heterocycles. The quantitative estimate of drug-likeness (QED) is 0.371. The summed E-state index contributed by atoms with van der Waals surface area (Å²) in [5, 5.41) is 11.8. The first-order valence-electron chi connectivity index (χ1n) is 8.72. The van der Waals surface area contributed by atoms with Crippen LogP contribution >= 0.6 is 23.4 Å². The van der Waals surface area contributed by atoms with Crippen LogP contribution in [0.15, 0.2) is 46.3 Å². The van der Waals surface area contributed by atoms with Crippen molar-refractivity contribution in [2.24, 2.45) is 4.99 Å². The molecule has 0 unspecified atom stereocenters. The Morgan fingerprint density at radius 1 is 1.33 bits per heavy atom. The van der Waals surface area contributed by atoms with Crippen LogP contribution in [0.5, 0.6) is 11.5 Å². The lowest BCUT2D eigenvalue weighted by Gasteiger charge is -2.13. The van der Waals surface area contributed by atoms with E-state index in [2.05, 4.69) is 4.99 Å². The highest BCUT2D eigenvalue weighted by Gasteiger charge is 2.29. The molecule has 1 aliphatic heterocycles. The molecule has 0 aliphatic carbocycles. The molecule has 0 N–H and O–H groups in total. The Morgan fingerprint density at radius 3 is 2.73 bits per heavy atom. The number of aliphatic imine (C=N–C) groups is 1. The van der Waals surface area contributed by atoms with Gasteiger partial charge in [0, 0.05) is 26.2 Å². The van der Waals surface area contributed by atoms with E-state index < -0.39 is 4.92 Å². The second-order valence-electron chi connectivity index (χ2n) is 6.23. The minimum atomic E-state index is -0.465. The highest BCUT2D eigenvalue weighted by molar-refractivity contribution is 8.18. The third kappa shape index (κ3) is 4.58. The first-order valence-corrected chi connectivity index (χ1v) is 9.91. The smallest absolute Gasteiger partial charge is 0.269 e. The average Bonchev–Trinajstić information content (AvgIpc) is 3.00. The van der Waals surface area contributed by atoms with Crippen molar-refractivity contribution in [3.8, 4) is 11.5 Å². The molecule has 30 heavy (non-hydrogen) atoms. The van der Waals surface area contributed by atoms with Crippen LogP contribution in [-0.4, -0.2) is 42.1 Å². The second-order valence-corrected chi connectivity index (χ2v) is 7.65. The zero-order valence-corrected chi connectivity index (χ0v) is 18.0. The third-order valence-corrected chi connectivity index (χ3v) is 5.68. The number of amidine groups is 1. The summed E-state index contributed by atoms with van der Waals surface area (Å²) in [4.78, 5) is 28.9. The highest BCUT2D eigenvalue weighted by atomic mass is 35.5. The molecule has 1 fully saturated rings. The average molecular weight is 448 g/mol. The number of benzene rings is 2. The van der Waals surface area contributed by atoms with E-state index in [-0.39, 0.29) is 18.2 Å². The van der Waals surface area contributed by atoms with Crippen molar-refractivity contribution in [2.75, 3.05) is 21.2 Å². The van der Waals surface area contributed by atoms with Crippen molar-refractivity contribution < 1.29 is 19.2 Å². The van der Waals surface area contributed by atoms with Crippen molar-refractivity contribution in [3.63, 3.8) is 0 Å². The van der Waals surface area contributed by atoms with Crippen LogP contribution in [0.25, 0.3) is 6.08 Å². The van der Waals surface area contributed by atoms with Gasteiger partial charge in [-0.1, -0.05) is 23.7 Å². The van der Waals surface area contributed by atoms with Crippen molar-refractivity contribution in [1.29, 1.82) is 0 Å². The van der Waals surface area contributed by atoms with E-state index in [0.29, 0.717) is 37.7 Å². The maximum atomic E-state index is 12.3. The number of hydrogen-bond donors (Lipinski definition) is 0. The summed E-state index contributed by atoms with van der Waals surface area (Å²) in [6, 6.07) is 9.52. The Balaban J connectivity index is 1.84. The SMILES string of the molecule is CN=C1S/C(=C\c2cc(Cl)c(OCc3cccc([N+](=O)[O-])c3)c(OC)c2)C(=O)N1C. The molecule has 10 heteroatoms. The molecule has 2 aromatic carbocycles. The van der Waals surface area contributed by atoms with Gasteiger partial charge in [0.15, 0.2) is 16.7 Å². The Hall–Kier alpha value is -3.04. The van der Waals surface area contributed by atoms with Crippen LogP contribution in [0.1, 0.15) is 11.1 Å². The Kier molecular flexibility index (Phi) is 6.63. The van der Waals surface area contributed by atoms with E-state index in [1.165, 1.54) is 35.9 Å². The largest absolute Gasteiger partial charge is 0.493 e. The third-order valence-electron chi connectivity index (χ3n) is 4.25. The minimum absolute atomic E-state index is 0.0187. The van der Waals surface area contributed by atoms with E-state index in [9.17, 15) is 14.9 Å². The van der Waals surface area contributed by atoms with E-state index >= 15 is 0 Å². The fourth-order valence-corrected chi connectivity index (χ4v) is 3.98. The summed E-state index contributed by atoms with van der Waals surface area (Å²) >= 11 is 7.67. The van der Waals surface area contributed by atoms with E-state index in [1.807, 2.05) is 0 Å². The molecule has 156 valence electrons. The number of nitro groups is 1. The molecule has 0 radical (unpaired) electrons. The zero-order valence-electron chi connectivity index (χ0n) is 16.4. The lowest BCUT2D eigenvalue weighted by atomic mass is 10.1. The van der Waals surface area contributed by atoms with Gasteiger partial charge in [-0.25, -0.2) is 0 Å². The molecule has 1 aliphatic rings. The number of hydrogen-bond acceptors (Lipinski definition) is 7. The number of carbonyl (C=O) groups excluding carboxylic acids is 1. The molecule has 3 rings (SSSR count). The number of carbonyl (C=O) groups is 1. The van der Waals surface area contributed by atoms with E-state index in [4.69, 9.17) is 21.1 Å². The second kappa shape index (κ2) is 9.19. The van der Waals surface area contributed by atoms with Crippen molar-refractivity contribution in [1.82, 2.24) is 4.90 Å². The molecule has 1 saturated heterocycles. The van der Waals surface area contributed by atoms with Crippen LogP contribution in [-0.2, 0) is 11.4 Å². The van der Waals surface area contributed by atoms with Crippen molar-refractivity contribution in [3.05, 3.63) is 67.6 Å². The van der Waals surface area contributed by atoms with Gasteiger partial charge in [0.25, 0.3) is 11.6 Å². The molecule has 1 amide bonds. The number of rotatable bonds is 6. The molecule has 0 saturated carbocycles. The molecule has 8 nitrogen and oxygen atoms in total. The number of thioether (sulfide) groups is 1. The van der Waals surface area contributed by atoms with Crippen LogP contribution in [0.3, 0.4) is 0 Å². The molecule has 2 aromatic rings. The molecular formula is C20H18ClN3O5S. The van der Waals surface area contributed by atoms with Crippen molar-refractivity contribution >= 4 is 46.2 Å². The molecule has 0 atom stereocenters. The Bertz CT molecular complexity index is 1070. The topological polar surface area (TPSA) is 94.3 Å². The number of ether oxygens (including phenoxy) is 2. The number of nitro benzene ring substituents is 1. The highest BCUT2D eigenvalue weighted by Crippen LogP contribution is 2.39. The van der Waals surface area contributed by atoms with Crippen LogP contribution in [0.4, 0.5) is 5.69 Å². The van der Waals surface area contributed by atoms with Crippen LogP contribution in [0, 0.1) is 10.1 Å². The minimum Gasteiger partial charge on any atom is -0.493 e. The van der Waals surface area contributed by atoms with Gasteiger partial charge in [0.1, 0.15) is 6.61 Å². The monoisotopic (exact) mass is 447 g/mol. The van der Waals surface area contributed by atoms with Gasteiger partial charge in [0.05, 0.1) is 22.0 Å². The van der Waals surface area contributed by atoms with Crippen molar-refractivity contribution in [2.45, 2.75) is 6.61 Å².